The van der Waals surface area contributed by atoms with Gasteiger partial charge in [-0.2, -0.15) is 0 Å². The van der Waals surface area contributed by atoms with Crippen molar-refractivity contribution in [3.63, 3.8) is 0 Å². The molecule has 3 heterocycles. The maximum absolute atomic E-state index is 14.2. The molecule has 3 amide bonds. The molecule has 0 radical (unpaired) electrons. The van der Waals surface area contributed by atoms with Gasteiger partial charge in [0.05, 0.1) is 26.5 Å². The summed E-state index contributed by atoms with van der Waals surface area (Å²) < 4.78 is 16.4. The van der Waals surface area contributed by atoms with Gasteiger partial charge in [-0.3, -0.25) is 9.80 Å². The number of halogens is 2. The molecule has 5 rings (SSSR count). The molecule has 1 aromatic heterocycles. The molecule has 1 aliphatic carbocycles. The Morgan fingerprint density at radius 1 is 1.13 bits per heavy atom. The number of carbonyl (C=O) groups is 2. The monoisotopic (exact) mass is 595 g/mol. The average Bonchev–Trinajstić information content (AvgIpc) is 2.82. The van der Waals surface area contributed by atoms with Crippen LogP contribution in [0.3, 0.4) is 0 Å². The highest BCUT2D eigenvalue weighted by molar-refractivity contribution is 7.98. The van der Waals surface area contributed by atoms with E-state index in [-0.39, 0.29) is 40.2 Å². The molecule has 13 heteroatoms. The first-order valence-corrected chi connectivity index (χ1v) is 14.5. The molecule has 3 aliphatic rings. The Balaban J connectivity index is 1.44. The first-order chi connectivity index (χ1) is 18.4. The van der Waals surface area contributed by atoms with Gasteiger partial charge in [0.25, 0.3) is 0 Å². The number of hydrogen-bond donors (Lipinski definition) is 0. The number of rotatable bonds is 5. The molecule has 1 saturated carbocycles. The zero-order chi connectivity index (χ0) is 28.3. The maximum Gasteiger partial charge on any atom is 0.410 e. The van der Waals surface area contributed by atoms with Crippen molar-refractivity contribution < 1.29 is 23.8 Å². The number of benzene rings is 1. The topological polar surface area (TPSA) is 97.3 Å². The Bertz CT molecular complexity index is 1290. The first kappa shape index (κ1) is 27.9. The number of anilines is 2. The first-order valence-electron chi connectivity index (χ1n) is 12.5. The number of aromatic nitrogens is 2. The molecule has 2 fully saturated rings. The Labute approximate surface area is 241 Å². The second kappa shape index (κ2) is 10.1. The Morgan fingerprint density at radius 3 is 2.28 bits per heavy atom. The zero-order valence-electron chi connectivity index (χ0n) is 22.7. The molecule has 1 saturated heterocycles. The van der Waals surface area contributed by atoms with Gasteiger partial charge >= 0.3 is 12.1 Å². The summed E-state index contributed by atoms with van der Waals surface area (Å²) in [4.78, 5) is 40.8. The number of methoxy groups -OCH3 is 2. The minimum atomic E-state index is -0.546. The third kappa shape index (κ3) is 4.93. The van der Waals surface area contributed by atoms with E-state index in [0.717, 1.165) is 18.4 Å². The number of nitrogens with zero attached hydrogens (tertiary/aromatic N) is 5. The molecule has 210 valence electrons. The number of hydrogen-bond acceptors (Lipinski definition) is 8. The van der Waals surface area contributed by atoms with Gasteiger partial charge < -0.3 is 19.1 Å². The third-order valence-corrected chi connectivity index (χ3v) is 8.52. The summed E-state index contributed by atoms with van der Waals surface area (Å²) in [5.41, 5.74) is 0.480. The maximum atomic E-state index is 14.2. The molecule has 0 bridgehead atoms. The van der Waals surface area contributed by atoms with Crippen molar-refractivity contribution in [3.8, 4) is 11.5 Å². The normalized spacial score (nSPS) is 18.5. The third-order valence-electron chi connectivity index (χ3n) is 7.22. The summed E-state index contributed by atoms with van der Waals surface area (Å²) in [6.45, 7) is 6.94. The lowest BCUT2D eigenvalue weighted by molar-refractivity contribution is -0.0770. The second-order valence-electron chi connectivity index (χ2n) is 11.1. The minimum absolute atomic E-state index is 0.0475. The quantitative estimate of drug-likeness (QED) is 0.313. The van der Waals surface area contributed by atoms with Crippen LogP contribution in [-0.4, -0.2) is 72.2 Å². The summed E-state index contributed by atoms with van der Waals surface area (Å²) in [5, 5.41) is 0.991. The molecule has 0 unspecified atom stereocenters. The van der Waals surface area contributed by atoms with Gasteiger partial charge in [-0.1, -0.05) is 35.0 Å². The summed E-state index contributed by atoms with van der Waals surface area (Å²) in [5.74, 6) is 1.26. The van der Waals surface area contributed by atoms with Crippen LogP contribution in [-0.2, 0) is 11.3 Å². The lowest BCUT2D eigenvalue weighted by Crippen LogP contribution is -2.69. The van der Waals surface area contributed by atoms with Crippen molar-refractivity contribution in [1.29, 1.82) is 0 Å². The number of ether oxygens (including phenoxy) is 3. The van der Waals surface area contributed by atoms with E-state index in [0.29, 0.717) is 41.3 Å². The Kier molecular flexibility index (Phi) is 7.22. The van der Waals surface area contributed by atoms with Crippen LogP contribution in [0.5, 0.6) is 11.5 Å². The highest BCUT2D eigenvalue weighted by Gasteiger charge is 2.58. The molecular weight excluding hydrogens is 565 g/mol. The van der Waals surface area contributed by atoms with E-state index in [1.807, 2.05) is 27.0 Å². The van der Waals surface area contributed by atoms with Crippen LogP contribution >= 0.6 is 35.0 Å². The van der Waals surface area contributed by atoms with Crippen molar-refractivity contribution in [2.45, 2.75) is 57.0 Å². The molecule has 2 aliphatic heterocycles. The van der Waals surface area contributed by atoms with E-state index in [1.54, 1.807) is 22.1 Å². The summed E-state index contributed by atoms with van der Waals surface area (Å²) in [6, 6.07) is 1.18. The lowest BCUT2D eigenvalue weighted by Gasteiger charge is -2.60. The highest BCUT2D eigenvalue weighted by Crippen LogP contribution is 2.53. The van der Waals surface area contributed by atoms with Crippen LogP contribution < -0.4 is 19.3 Å². The van der Waals surface area contributed by atoms with Crippen LogP contribution in [0.25, 0.3) is 0 Å². The predicted molar refractivity (Wildman–Crippen MR) is 151 cm³/mol. The second-order valence-corrected chi connectivity index (χ2v) is 12.6. The van der Waals surface area contributed by atoms with Gasteiger partial charge in [0.15, 0.2) is 5.16 Å². The molecule has 39 heavy (non-hydrogen) atoms. The number of carbonyl (C=O) groups excluding carboxylic acids is 2. The van der Waals surface area contributed by atoms with Gasteiger partial charge in [0, 0.05) is 42.4 Å². The van der Waals surface area contributed by atoms with Crippen molar-refractivity contribution in [1.82, 2.24) is 14.9 Å². The molecule has 0 N–H and O–H groups in total. The number of fused-ring (bicyclic) bond motifs is 1. The fourth-order valence-electron chi connectivity index (χ4n) is 5.47. The Morgan fingerprint density at radius 2 is 1.74 bits per heavy atom. The van der Waals surface area contributed by atoms with Gasteiger partial charge in [0.2, 0.25) is 0 Å². The summed E-state index contributed by atoms with van der Waals surface area (Å²) in [6.07, 6.45) is 4.78. The molecular formula is C26H31Cl2N5O5S. The number of amides is 3. The smallest absolute Gasteiger partial charge is 0.410 e. The van der Waals surface area contributed by atoms with Crippen molar-refractivity contribution in [3.05, 3.63) is 27.9 Å². The standard InChI is InChI=1S/C26H31Cl2N5O5S/c1-25(2,3)38-24(35)31-12-26(13-31)8-15(9-26)33-21-14(10-29-22(30-21)39-6)11-32(23(33)34)20-18(27)16(36-4)7-17(37-5)19(20)28/h7,10,15H,8-9,11-13H2,1-6H3. The van der Waals surface area contributed by atoms with Crippen molar-refractivity contribution >= 4 is 58.6 Å². The van der Waals surface area contributed by atoms with E-state index in [2.05, 4.69) is 4.98 Å². The minimum Gasteiger partial charge on any atom is -0.495 e. The predicted octanol–water partition coefficient (Wildman–Crippen LogP) is 5.87. The van der Waals surface area contributed by atoms with Crippen LogP contribution in [0.2, 0.25) is 10.0 Å². The van der Waals surface area contributed by atoms with E-state index in [1.165, 1.54) is 30.9 Å². The van der Waals surface area contributed by atoms with Crippen molar-refractivity contribution in [2.24, 2.45) is 5.41 Å². The van der Waals surface area contributed by atoms with E-state index in [4.69, 9.17) is 42.4 Å². The Hall–Kier alpha value is -2.63. The van der Waals surface area contributed by atoms with Crippen LogP contribution in [0, 0.1) is 5.41 Å². The van der Waals surface area contributed by atoms with Crippen LogP contribution in [0.1, 0.15) is 39.2 Å². The van der Waals surface area contributed by atoms with E-state index < -0.39 is 5.60 Å². The largest absolute Gasteiger partial charge is 0.495 e. The number of likely N-dealkylation sites (tertiary alicyclic amines) is 1. The summed E-state index contributed by atoms with van der Waals surface area (Å²) in [7, 11) is 2.98. The molecule has 10 nitrogen and oxygen atoms in total. The van der Waals surface area contributed by atoms with E-state index in [9.17, 15) is 9.59 Å². The molecule has 2 aromatic rings. The molecule has 1 spiro atoms. The van der Waals surface area contributed by atoms with Crippen LogP contribution in [0.15, 0.2) is 17.4 Å². The summed E-state index contributed by atoms with van der Waals surface area (Å²) >= 11 is 14.8. The van der Waals surface area contributed by atoms with Gasteiger partial charge in [-0.25, -0.2) is 19.6 Å². The fourth-order valence-corrected chi connectivity index (χ4v) is 6.51. The van der Waals surface area contributed by atoms with Gasteiger partial charge in [-0.15, -0.1) is 0 Å². The van der Waals surface area contributed by atoms with Crippen molar-refractivity contribution in [2.75, 3.05) is 43.4 Å². The molecule has 0 atom stereocenters. The average molecular weight is 597 g/mol. The number of thioether (sulfide) groups is 1. The van der Waals surface area contributed by atoms with Gasteiger partial charge in [0.1, 0.15) is 33.0 Å². The molecule has 1 aromatic carbocycles. The van der Waals surface area contributed by atoms with Crippen LogP contribution in [0.4, 0.5) is 21.1 Å². The lowest BCUT2D eigenvalue weighted by atomic mass is 9.60. The SMILES string of the molecule is COc1cc(OC)c(Cl)c(N2Cc3cnc(SC)nc3N(C3CC4(C3)CN(C(=O)OC(C)(C)C)C4)C2=O)c1Cl. The van der Waals surface area contributed by atoms with Gasteiger partial charge in [-0.05, 0) is 39.9 Å². The zero-order valence-corrected chi connectivity index (χ0v) is 25.0. The fraction of sp³-hybridized carbons (Fsp3) is 0.538. The number of urea groups is 1. The van der Waals surface area contributed by atoms with E-state index >= 15 is 0 Å². The highest BCUT2D eigenvalue weighted by atomic mass is 35.5.